The second kappa shape index (κ2) is 5.33. The molecule has 80 valence electrons. The maximum Gasteiger partial charge on any atom is 0.0638 e. The minimum Gasteiger partial charge on any atom is -0.306 e. The van der Waals surface area contributed by atoms with Crippen LogP contribution in [0.2, 0.25) is 0 Å². The Kier molecular flexibility index (Phi) is 4.37. The Morgan fingerprint density at radius 1 is 1.64 bits per heavy atom. The molecular formula is C11H21N3. The highest BCUT2D eigenvalue weighted by molar-refractivity contribution is 4.81. The predicted molar refractivity (Wildman–Crippen MR) is 57.9 cm³/mol. The molecular weight excluding hydrogens is 174 g/mol. The van der Waals surface area contributed by atoms with E-state index in [2.05, 4.69) is 36.9 Å². The van der Waals surface area contributed by atoms with Gasteiger partial charge in [-0.1, -0.05) is 0 Å². The largest absolute Gasteiger partial charge is 0.306 e. The minimum atomic E-state index is 0.394. The first kappa shape index (κ1) is 11.5. The van der Waals surface area contributed by atoms with Crippen molar-refractivity contribution in [1.29, 1.82) is 5.26 Å². The van der Waals surface area contributed by atoms with E-state index in [1.165, 1.54) is 19.5 Å². The molecule has 1 saturated heterocycles. The van der Waals surface area contributed by atoms with E-state index in [4.69, 9.17) is 5.26 Å². The Balaban J connectivity index is 2.26. The molecule has 0 aromatic rings. The molecule has 2 atom stereocenters. The van der Waals surface area contributed by atoms with Crippen LogP contribution in [-0.2, 0) is 0 Å². The third-order valence-corrected chi connectivity index (χ3v) is 3.17. The molecule has 14 heavy (non-hydrogen) atoms. The van der Waals surface area contributed by atoms with Crippen molar-refractivity contribution >= 4 is 0 Å². The van der Waals surface area contributed by atoms with E-state index < -0.39 is 0 Å². The zero-order valence-corrected chi connectivity index (χ0v) is 9.53. The van der Waals surface area contributed by atoms with Crippen molar-refractivity contribution in [3.63, 3.8) is 0 Å². The average molecular weight is 195 g/mol. The molecule has 2 unspecified atom stereocenters. The topological polar surface area (TPSA) is 30.3 Å². The van der Waals surface area contributed by atoms with Crippen LogP contribution in [0.1, 0.15) is 19.8 Å². The molecule has 1 aliphatic heterocycles. The lowest BCUT2D eigenvalue weighted by Gasteiger charge is -2.25. The van der Waals surface area contributed by atoms with Crippen molar-refractivity contribution < 1.29 is 0 Å². The van der Waals surface area contributed by atoms with Gasteiger partial charge in [0.25, 0.3) is 0 Å². The molecule has 0 saturated carbocycles. The SMILES string of the molecule is CC(CC#N)N(C)CC1CCN(C)C1. The van der Waals surface area contributed by atoms with Gasteiger partial charge >= 0.3 is 0 Å². The lowest BCUT2D eigenvalue weighted by molar-refractivity contribution is 0.220. The first-order chi connectivity index (χ1) is 6.63. The second-order valence-corrected chi connectivity index (χ2v) is 4.57. The lowest BCUT2D eigenvalue weighted by Crippen LogP contribution is -2.34. The fourth-order valence-corrected chi connectivity index (χ4v) is 2.05. The molecule has 0 spiro atoms. The van der Waals surface area contributed by atoms with E-state index in [1.807, 2.05) is 0 Å². The number of rotatable bonds is 4. The molecule has 0 bridgehead atoms. The summed E-state index contributed by atoms with van der Waals surface area (Å²) in [6.07, 6.45) is 1.94. The van der Waals surface area contributed by atoms with E-state index >= 15 is 0 Å². The maximum absolute atomic E-state index is 8.60. The summed E-state index contributed by atoms with van der Waals surface area (Å²) in [6.45, 7) is 5.70. The average Bonchev–Trinajstić information content (AvgIpc) is 2.51. The molecule has 0 radical (unpaired) electrons. The van der Waals surface area contributed by atoms with Crippen LogP contribution in [0.4, 0.5) is 0 Å². The number of nitriles is 1. The van der Waals surface area contributed by atoms with Gasteiger partial charge in [0.15, 0.2) is 0 Å². The highest BCUT2D eigenvalue weighted by atomic mass is 15.2. The third-order valence-electron chi connectivity index (χ3n) is 3.17. The molecule has 1 fully saturated rings. The van der Waals surface area contributed by atoms with Gasteiger partial charge in [-0.15, -0.1) is 0 Å². The van der Waals surface area contributed by atoms with E-state index in [0.29, 0.717) is 12.5 Å². The van der Waals surface area contributed by atoms with E-state index in [9.17, 15) is 0 Å². The van der Waals surface area contributed by atoms with Gasteiger partial charge in [-0.05, 0) is 39.9 Å². The predicted octanol–water partition coefficient (Wildman–Crippen LogP) is 1.17. The van der Waals surface area contributed by atoms with Crippen molar-refractivity contribution in [2.24, 2.45) is 5.92 Å². The van der Waals surface area contributed by atoms with E-state index in [-0.39, 0.29) is 0 Å². The van der Waals surface area contributed by atoms with Gasteiger partial charge in [-0.2, -0.15) is 5.26 Å². The summed E-state index contributed by atoms with van der Waals surface area (Å²) in [5, 5.41) is 8.60. The number of nitrogens with zero attached hydrogens (tertiary/aromatic N) is 3. The highest BCUT2D eigenvalue weighted by Gasteiger charge is 2.22. The summed E-state index contributed by atoms with van der Waals surface area (Å²) in [7, 11) is 4.30. The summed E-state index contributed by atoms with van der Waals surface area (Å²) in [5.41, 5.74) is 0. The Hall–Kier alpha value is -0.590. The molecule has 0 amide bonds. The molecule has 3 heteroatoms. The molecule has 3 nitrogen and oxygen atoms in total. The monoisotopic (exact) mass is 195 g/mol. The van der Waals surface area contributed by atoms with Crippen LogP contribution in [0, 0.1) is 17.2 Å². The molecule has 0 aromatic carbocycles. The van der Waals surface area contributed by atoms with Crippen LogP contribution in [0.15, 0.2) is 0 Å². The maximum atomic E-state index is 8.60. The van der Waals surface area contributed by atoms with Crippen molar-refractivity contribution in [3.05, 3.63) is 0 Å². The standard InChI is InChI=1S/C11H21N3/c1-10(4-6-12)14(3)9-11-5-7-13(2)8-11/h10-11H,4-5,7-9H2,1-3H3. The van der Waals surface area contributed by atoms with Gasteiger partial charge < -0.3 is 9.80 Å². The summed E-state index contributed by atoms with van der Waals surface area (Å²) in [4.78, 5) is 4.69. The van der Waals surface area contributed by atoms with Crippen LogP contribution in [-0.4, -0.2) is 49.6 Å². The molecule has 1 heterocycles. The molecule has 0 aromatic heterocycles. The van der Waals surface area contributed by atoms with Gasteiger partial charge in [0, 0.05) is 19.1 Å². The Morgan fingerprint density at radius 3 is 2.86 bits per heavy atom. The van der Waals surface area contributed by atoms with Crippen LogP contribution in [0.5, 0.6) is 0 Å². The summed E-state index contributed by atoms with van der Waals surface area (Å²) >= 11 is 0. The summed E-state index contributed by atoms with van der Waals surface area (Å²) in [6, 6.07) is 2.62. The van der Waals surface area contributed by atoms with Crippen molar-refractivity contribution in [1.82, 2.24) is 9.80 Å². The molecule has 0 N–H and O–H groups in total. The van der Waals surface area contributed by atoms with Gasteiger partial charge in [-0.25, -0.2) is 0 Å². The molecule has 0 aliphatic carbocycles. The zero-order valence-electron chi connectivity index (χ0n) is 9.53. The van der Waals surface area contributed by atoms with Gasteiger partial charge in [0.1, 0.15) is 0 Å². The number of hydrogen-bond donors (Lipinski definition) is 0. The van der Waals surface area contributed by atoms with Gasteiger partial charge in [-0.3, -0.25) is 0 Å². The van der Waals surface area contributed by atoms with Crippen molar-refractivity contribution in [3.8, 4) is 6.07 Å². The van der Waals surface area contributed by atoms with E-state index in [1.54, 1.807) is 0 Å². The quantitative estimate of drug-likeness (QED) is 0.674. The fraction of sp³-hybridized carbons (Fsp3) is 0.909. The minimum absolute atomic E-state index is 0.394. The third kappa shape index (κ3) is 3.28. The Morgan fingerprint density at radius 2 is 2.36 bits per heavy atom. The van der Waals surface area contributed by atoms with Crippen LogP contribution in [0.3, 0.4) is 0 Å². The van der Waals surface area contributed by atoms with Crippen molar-refractivity contribution in [2.45, 2.75) is 25.8 Å². The first-order valence-electron chi connectivity index (χ1n) is 5.39. The van der Waals surface area contributed by atoms with Crippen LogP contribution < -0.4 is 0 Å². The molecule has 1 rings (SSSR count). The highest BCUT2D eigenvalue weighted by Crippen LogP contribution is 2.16. The van der Waals surface area contributed by atoms with Crippen LogP contribution in [0.25, 0.3) is 0 Å². The van der Waals surface area contributed by atoms with Crippen molar-refractivity contribution in [2.75, 3.05) is 33.7 Å². The molecule has 1 aliphatic rings. The number of likely N-dealkylation sites (tertiary alicyclic amines) is 1. The van der Waals surface area contributed by atoms with E-state index in [0.717, 1.165) is 12.5 Å². The zero-order chi connectivity index (χ0) is 10.6. The van der Waals surface area contributed by atoms with Gasteiger partial charge in [0.2, 0.25) is 0 Å². The van der Waals surface area contributed by atoms with Gasteiger partial charge in [0.05, 0.1) is 12.5 Å². The van der Waals surface area contributed by atoms with Crippen LogP contribution >= 0.6 is 0 Å². The number of hydrogen-bond acceptors (Lipinski definition) is 3. The fourth-order valence-electron chi connectivity index (χ4n) is 2.05. The lowest BCUT2D eigenvalue weighted by atomic mass is 10.1. The smallest absolute Gasteiger partial charge is 0.0638 e. The summed E-state index contributed by atoms with van der Waals surface area (Å²) < 4.78 is 0. The first-order valence-corrected chi connectivity index (χ1v) is 5.39. The Bertz CT molecular complexity index is 209. The second-order valence-electron chi connectivity index (χ2n) is 4.57. The Labute approximate surface area is 87.3 Å². The summed E-state index contributed by atoms with van der Waals surface area (Å²) in [5.74, 6) is 0.797. The normalized spacial score (nSPS) is 25.2.